The van der Waals surface area contributed by atoms with Crippen LogP contribution in [-0.4, -0.2) is 22.2 Å². The molecular formula is C41H46Cl2N3Ru-. The van der Waals surface area contributed by atoms with Gasteiger partial charge in [-0.05, 0) is 75.9 Å². The molecule has 3 nitrogen and oxygen atoms in total. The zero-order valence-corrected chi connectivity index (χ0v) is 31.7. The fraction of sp³-hybridized carbons (Fsp3) is 0.293. The maximum absolute atomic E-state index is 6.25. The first kappa shape index (κ1) is 35.3. The van der Waals surface area contributed by atoms with Gasteiger partial charge in [-0.1, -0.05) is 41.5 Å². The summed E-state index contributed by atoms with van der Waals surface area (Å²) < 4.78 is 1.26. The van der Waals surface area contributed by atoms with Crippen molar-refractivity contribution in [1.82, 2.24) is 4.98 Å². The summed E-state index contributed by atoms with van der Waals surface area (Å²) in [5.41, 5.74) is 16.5. The van der Waals surface area contributed by atoms with Gasteiger partial charge in [-0.2, -0.15) is 6.67 Å². The minimum Gasteiger partial charge on any atom is -0.265 e. The van der Waals surface area contributed by atoms with Crippen molar-refractivity contribution in [3.63, 3.8) is 0 Å². The molecule has 0 N–H and O–H groups in total. The van der Waals surface area contributed by atoms with Gasteiger partial charge in [0.1, 0.15) is 0 Å². The third-order valence-corrected chi connectivity index (χ3v) is 12.0. The molecule has 1 aromatic heterocycles. The number of benzene rings is 3. The van der Waals surface area contributed by atoms with E-state index in [2.05, 4.69) is 124 Å². The van der Waals surface area contributed by atoms with Crippen LogP contribution in [0, 0.1) is 48.2 Å². The first-order chi connectivity index (χ1) is 22.6. The van der Waals surface area contributed by atoms with E-state index in [9.17, 15) is 0 Å². The number of halogens is 2. The van der Waals surface area contributed by atoms with E-state index in [1.807, 2.05) is 18.2 Å². The second-order valence-corrected chi connectivity index (χ2v) is 18.4. The molecular weight excluding hydrogens is 706 g/mol. The topological polar surface area (TPSA) is 19.4 Å². The molecule has 1 saturated heterocycles. The van der Waals surface area contributed by atoms with Crippen molar-refractivity contribution in [3.05, 3.63) is 148 Å². The second-order valence-electron chi connectivity index (χ2n) is 12.6. The van der Waals surface area contributed by atoms with Gasteiger partial charge < -0.3 is 9.80 Å². The zero-order valence-electron chi connectivity index (χ0n) is 28.4. The van der Waals surface area contributed by atoms with Crippen LogP contribution in [0.15, 0.2) is 102 Å². The van der Waals surface area contributed by atoms with Gasteiger partial charge in [0.05, 0.1) is 0 Å². The Morgan fingerprint density at radius 3 is 1.53 bits per heavy atom. The maximum atomic E-state index is 6.25. The van der Waals surface area contributed by atoms with Gasteiger partial charge in [0, 0.05) is 36.9 Å². The van der Waals surface area contributed by atoms with Gasteiger partial charge in [0.15, 0.2) is 0 Å². The van der Waals surface area contributed by atoms with Gasteiger partial charge in [0.25, 0.3) is 0 Å². The third kappa shape index (κ3) is 8.71. The largest absolute Gasteiger partial charge is 0.265 e. The fourth-order valence-electron chi connectivity index (χ4n) is 7.15. The van der Waals surface area contributed by atoms with Crippen LogP contribution in [0.2, 0.25) is 0 Å². The summed E-state index contributed by atoms with van der Waals surface area (Å²) in [6.45, 7) is 17.6. The predicted molar refractivity (Wildman–Crippen MR) is 201 cm³/mol. The van der Waals surface area contributed by atoms with E-state index in [1.54, 1.807) is 12.4 Å². The van der Waals surface area contributed by atoms with Crippen molar-refractivity contribution in [2.45, 2.75) is 67.2 Å². The molecule has 0 unspecified atom stereocenters. The van der Waals surface area contributed by atoms with Crippen LogP contribution in [-0.2, 0) is 13.5 Å². The zero-order chi connectivity index (χ0) is 33.5. The first-order valence-electron chi connectivity index (χ1n) is 16.4. The summed E-state index contributed by atoms with van der Waals surface area (Å²) in [4.78, 5) is 8.60. The third-order valence-electron chi connectivity index (χ3n) is 8.84. The van der Waals surface area contributed by atoms with Crippen LogP contribution in [0.4, 0.5) is 11.4 Å². The van der Waals surface area contributed by atoms with E-state index in [4.69, 9.17) is 19.4 Å². The van der Waals surface area contributed by atoms with E-state index < -0.39 is 13.5 Å². The van der Waals surface area contributed by atoms with Crippen LogP contribution < -0.4 is 9.80 Å². The first-order valence-corrected chi connectivity index (χ1v) is 21.7. The van der Waals surface area contributed by atoms with E-state index in [-0.39, 0.29) is 0 Å². The molecule has 3 aromatic carbocycles. The summed E-state index contributed by atoms with van der Waals surface area (Å²) in [5, 5.41) is 0. The van der Waals surface area contributed by atoms with E-state index >= 15 is 0 Å². The number of anilines is 2. The predicted octanol–water partition coefficient (Wildman–Crippen LogP) is 11.1. The molecule has 0 amide bonds. The second kappa shape index (κ2) is 16.4. The summed E-state index contributed by atoms with van der Waals surface area (Å²) >= 11 is -1.80. The molecule has 1 aliphatic heterocycles. The standard InChI is InChI=1S/C21H27N2.C15H14.C5H5N.2ClH.Ru/c1-14-9-16(3)20(17(4)10-14)22-7-8-23(13-22)21-18(5)11-15(2)12-19(21)6;1-2-6-12(7-3-1)15-11-10-13-8-4-5-9-14(13)15;1-2-4-6-5-3-1;;;/h9-13H,7-8H2,1-6H3;1-3,6-7,11H,4-5,8-9H2;1-5H;2*1H;/q-1;;;;;+2/p-2. The molecule has 2 heterocycles. The molecule has 2 aliphatic carbocycles. The Bertz CT molecular complexity index is 1650. The van der Waals surface area contributed by atoms with Crippen LogP contribution >= 0.6 is 19.4 Å². The molecule has 0 spiro atoms. The quantitative estimate of drug-likeness (QED) is 0.153. The normalized spacial score (nSPS) is 15.8. The number of hydrogen-bond acceptors (Lipinski definition) is 3. The Morgan fingerprint density at radius 1 is 0.638 bits per heavy atom. The summed E-state index contributed by atoms with van der Waals surface area (Å²) in [7, 11) is 12.5. The number of aryl methyl sites for hydroxylation is 6. The van der Waals surface area contributed by atoms with E-state index in [0.29, 0.717) is 0 Å². The summed E-state index contributed by atoms with van der Waals surface area (Å²) in [6, 6.07) is 25.4. The van der Waals surface area contributed by atoms with Gasteiger partial charge in [-0.15, -0.1) is 0 Å². The van der Waals surface area contributed by atoms with Crippen molar-refractivity contribution in [1.29, 1.82) is 0 Å². The van der Waals surface area contributed by atoms with Crippen molar-refractivity contribution >= 4 is 40.4 Å². The number of aromatic nitrogens is 1. The Morgan fingerprint density at radius 2 is 1.11 bits per heavy atom. The van der Waals surface area contributed by atoms with Crippen LogP contribution in [0.5, 0.6) is 0 Å². The summed E-state index contributed by atoms with van der Waals surface area (Å²) in [6.07, 6.45) is 10.6. The Kier molecular flexibility index (Phi) is 12.3. The number of nitrogens with zero attached hydrogens (tertiary/aromatic N) is 3. The molecule has 3 aliphatic rings. The molecule has 0 saturated carbocycles. The SMILES string of the molecule is Cc1cc(C)c(N2[CH-]N(c3c(C)cc(C)cc3C)CC2)c(C)c1.[Cl][Ru]([Cl])=[C]1C=C(c2ccccc2)C2=C1CCCC2.c1ccncc1. The van der Waals surface area contributed by atoms with E-state index in [1.165, 1.54) is 90.4 Å². The Labute approximate surface area is 295 Å². The molecule has 1 fully saturated rings. The minimum absolute atomic E-state index is 1.04. The molecule has 0 radical (unpaired) electrons. The van der Waals surface area contributed by atoms with Crippen molar-refractivity contribution in [2.75, 3.05) is 22.9 Å². The fourth-order valence-corrected chi connectivity index (χ4v) is 9.88. The average Bonchev–Trinajstić information content (AvgIpc) is 3.68. The van der Waals surface area contributed by atoms with Gasteiger partial charge in [-0.3, -0.25) is 4.98 Å². The van der Waals surface area contributed by atoms with Gasteiger partial charge in [-0.25, -0.2) is 0 Å². The molecule has 7 rings (SSSR count). The van der Waals surface area contributed by atoms with Crippen LogP contribution in [0.1, 0.15) is 64.6 Å². The molecule has 248 valence electrons. The number of pyridine rings is 1. The number of hydrogen-bond donors (Lipinski definition) is 0. The average molecular weight is 753 g/mol. The smallest absolute Gasteiger partial charge is 0.0267 e. The number of rotatable bonds is 3. The molecule has 4 aromatic rings. The van der Waals surface area contributed by atoms with Crippen molar-refractivity contribution in [3.8, 4) is 0 Å². The summed E-state index contributed by atoms with van der Waals surface area (Å²) in [5.74, 6) is 0. The van der Waals surface area contributed by atoms with Crippen LogP contribution in [0.25, 0.3) is 5.57 Å². The van der Waals surface area contributed by atoms with Crippen molar-refractivity contribution < 1.29 is 13.5 Å². The van der Waals surface area contributed by atoms with Gasteiger partial charge in [0.2, 0.25) is 0 Å². The van der Waals surface area contributed by atoms with E-state index in [0.717, 1.165) is 19.5 Å². The molecule has 0 atom stereocenters. The monoisotopic (exact) mass is 752 g/mol. The minimum atomic E-state index is -1.80. The number of allylic oxidation sites excluding steroid dienone is 4. The van der Waals surface area contributed by atoms with Gasteiger partial charge >= 0.3 is 121 Å². The molecule has 6 heteroatoms. The maximum Gasteiger partial charge on any atom is 0.0267 e. The molecule has 0 bridgehead atoms. The Hall–Kier alpha value is -3.04. The molecule has 47 heavy (non-hydrogen) atoms. The Balaban J connectivity index is 0.000000160. The van der Waals surface area contributed by atoms with Crippen molar-refractivity contribution in [2.24, 2.45) is 0 Å². The van der Waals surface area contributed by atoms with Crippen LogP contribution in [0.3, 0.4) is 0 Å².